The monoisotopic (exact) mass is 593 g/mol. The van der Waals surface area contributed by atoms with Gasteiger partial charge in [0, 0.05) is 26.0 Å². The van der Waals surface area contributed by atoms with Crippen molar-refractivity contribution < 1.29 is 9.47 Å². The second-order valence-corrected chi connectivity index (χ2v) is 11.1. The molecule has 0 atom stereocenters. The quantitative estimate of drug-likeness (QED) is 0.159. The van der Waals surface area contributed by atoms with E-state index in [2.05, 4.69) is 27.6 Å². The van der Waals surface area contributed by atoms with E-state index in [9.17, 15) is 4.79 Å². The van der Waals surface area contributed by atoms with Crippen molar-refractivity contribution in [3.05, 3.63) is 110 Å². The molecule has 38 heavy (non-hydrogen) atoms. The zero-order chi connectivity index (χ0) is 27.4. The minimum absolute atomic E-state index is 0.240. The Balaban J connectivity index is 1.77. The molecule has 0 aliphatic carbocycles. The minimum atomic E-state index is -0.417. The van der Waals surface area contributed by atoms with Crippen molar-refractivity contribution in [1.29, 1.82) is 0 Å². The molecule has 1 heterocycles. The van der Waals surface area contributed by atoms with E-state index in [1.807, 2.05) is 69.3 Å². The predicted octanol–water partition coefficient (Wildman–Crippen LogP) is 7.31. The number of rotatable bonds is 8. The van der Waals surface area contributed by atoms with Crippen LogP contribution in [0.15, 0.2) is 81.6 Å². The van der Waals surface area contributed by atoms with Crippen LogP contribution in [0.1, 0.15) is 43.3 Å². The molecular formula is C30H29BrClN3O3. The summed E-state index contributed by atoms with van der Waals surface area (Å²) in [6.07, 6.45) is 3.98. The standard InChI is InChI=1S/C30H29BrClN3O3/c1-6-9-20-14-19(15-26(37-5)27(20)38-18-21-10-7-8-11-24(21)32)17-33-35-28(36)23-16-22(31)12-13-25(23)34-29(35)30(2,3)4/h6-8,10-17H,1,9,18H2,2-5H3. The third-order valence-electron chi connectivity index (χ3n) is 5.87. The van der Waals surface area contributed by atoms with Crippen LogP contribution in [0.5, 0.6) is 11.5 Å². The number of nitrogens with zero attached hydrogens (tertiary/aromatic N) is 3. The first kappa shape index (κ1) is 27.6. The van der Waals surface area contributed by atoms with Crippen molar-refractivity contribution in [2.75, 3.05) is 7.11 Å². The van der Waals surface area contributed by atoms with Crippen LogP contribution < -0.4 is 15.0 Å². The molecule has 0 aliphatic rings. The third-order valence-corrected chi connectivity index (χ3v) is 6.73. The fourth-order valence-electron chi connectivity index (χ4n) is 4.01. The highest BCUT2D eigenvalue weighted by molar-refractivity contribution is 9.10. The molecule has 196 valence electrons. The molecule has 4 aromatic rings. The van der Waals surface area contributed by atoms with Gasteiger partial charge >= 0.3 is 0 Å². The van der Waals surface area contributed by atoms with Crippen LogP contribution in [-0.2, 0) is 18.4 Å². The molecule has 0 amide bonds. The molecule has 0 bridgehead atoms. The van der Waals surface area contributed by atoms with E-state index < -0.39 is 5.41 Å². The van der Waals surface area contributed by atoms with Gasteiger partial charge in [-0.05, 0) is 48.4 Å². The van der Waals surface area contributed by atoms with E-state index in [-0.39, 0.29) is 12.2 Å². The van der Waals surface area contributed by atoms with Crippen LogP contribution in [0.2, 0.25) is 5.02 Å². The van der Waals surface area contributed by atoms with E-state index >= 15 is 0 Å². The van der Waals surface area contributed by atoms with Crippen LogP contribution in [0.3, 0.4) is 0 Å². The lowest BCUT2D eigenvalue weighted by Crippen LogP contribution is -2.29. The molecule has 4 rings (SSSR count). The summed E-state index contributed by atoms with van der Waals surface area (Å²) in [6, 6.07) is 16.8. The first-order chi connectivity index (χ1) is 18.1. The average molecular weight is 595 g/mol. The molecular weight excluding hydrogens is 566 g/mol. The van der Waals surface area contributed by atoms with E-state index in [1.54, 1.807) is 25.5 Å². The van der Waals surface area contributed by atoms with Gasteiger partial charge < -0.3 is 9.47 Å². The van der Waals surface area contributed by atoms with E-state index in [4.69, 9.17) is 26.1 Å². The van der Waals surface area contributed by atoms with E-state index in [1.165, 1.54) is 4.68 Å². The molecule has 6 nitrogen and oxygen atoms in total. The van der Waals surface area contributed by atoms with Crippen molar-refractivity contribution in [2.24, 2.45) is 5.10 Å². The molecule has 0 unspecified atom stereocenters. The Morgan fingerprint density at radius 1 is 1.13 bits per heavy atom. The molecule has 0 spiro atoms. The largest absolute Gasteiger partial charge is 0.493 e. The second kappa shape index (κ2) is 11.5. The summed E-state index contributed by atoms with van der Waals surface area (Å²) in [5.41, 5.74) is 2.46. The van der Waals surface area contributed by atoms with Crippen molar-refractivity contribution in [1.82, 2.24) is 9.66 Å². The second-order valence-electron chi connectivity index (χ2n) is 9.79. The number of fused-ring (bicyclic) bond motifs is 1. The Morgan fingerprint density at radius 2 is 1.89 bits per heavy atom. The first-order valence-corrected chi connectivity index (χ1v) is 13.2. The fourth-order valence-corrected chi connectivity index (χ4v) is 4.56. The Bertz CT molecular complexity index is 1590. The molecule has 0 saturated carbocycles. The van der Waals surface area contributed by atoms with Gasteiger partial charge in [0.2, 0.25) is 0 Å². The van der Waals surface area contributed by atoms with Gasteiger partial charge in [0.1, 0.15) is 12.4 Å². The van der Waals surface area contributed by atoms with Crippen LogP contribution in [0.4, 0.5) is 0 Å². The highest BCUT2D eigenvalue weighted by atomic mass is 79.9. The summed E-state index contributed by atoms with van der Waals surface area (Å²) in [5.74, 6) is 1.71. The number of methoxy groups -OCH3 is 1. The lowest BCUT2D eigenvalue weighted by atomic mass is 9.95. The Kier molecular flexibility index (Phi) is 8.38. The molecule has 0 radical (unpaired) electrons. The fraction of sp³-hybridized carbons (Fsp3) is 0.233. The molecule has 0 saturated heterocycles. The van der Waals surface area contributed by atoms with Crippen LogP contribution in [-0.4, -0.2) is 23.0 Å². The van der Waals surface area contributed by atoms with Gasteiger partial charge in [-0.25, -0.2) is 4.98 Å². The minimum Gasteiger partial charge on any atom is -0.493 e. The summed E-state index contributed by atoms with van der Waals surface area (Å²) < 4.78 is 14.0. The van der Waals surface area contributed by atoms with Crippen LogP contribution >= 0.6 is 27.5 Å². The maximum Gasteiger partial charge on any atom is 0.282 e. The predicted molar refractivity (Wildman–Crippen MR) is 158 cm³/mol. The highest BCUT2D eigenvalue weighted by Crippen LogP contribution is 2.34. The molecule has 1 aromatic heterocycles. The smallest absolute Gasteiger partial charge is 0.282 e. The summed E-state index contributed by atoms with van der Waals surface area (Å²) in [7, 11) is 1.59. The van der Waals surface area contributed by atoms with Gasteiger partial charge in [-0.3, -0.25) is 4.79 Å². The summed E-state index contributed by atoms with van der Waals surface area (Å²) >= 11 is 9.76. The molecule has 8 heteroatoms. The van der Waals surface area contributed by atoms with Gasteiger partial charge in [-0.2, -0.15) is 9.78 Å². The van der Waals surface area contributed by atoms with Crippen LogP contribution in [0, 0.1) is 0 Å². The molecule has 0 fully saturated rings. The van der Waals surface area contributed by atoms with Gasteiger partial charge in [0.25, 0.3) is 5.56 Å². The number of ether oxygens (including phenoxy) is 2. The summed E-state index contributed by atoms with van der Waals surface area (Å²) in [4.78, 5) is 18.3. The number of aromatic nitrogens is 2. The SMILES string of the molecule is C=CCc1cc(C=Nn2c(C(C)(C)C)nc3ccc(Br)cc3c2=O)cc(OC)c1OCc1ccccc1Cl. The lowest BCUT2D eigenvalue weighted by Gasteiger charge is -2.21. The van der Waals surface area contributed by atoms with Gasteiger partial charge in [-0.15, -0.1) is 6.58 Å². The summed E-state index contributed by atoms with van der Waals surface area (Å²) in [6.45, 7) is 10.2. The van der Waals surface area contributed by atoms with E-state index in [0.29, 0.717) is 39.7 Å². The van der Waals surface area contributed by atoms with Gasteiger partial charge in [0.05, 0.1) is 24.2 Å². The zero-order valence-corrected chi connectivity index (χ0v) is 24.1. The van der Waals surface area contributed by atoms with Crippen LogP contribution in [0.25, 0.3) is 10.9 Å². The number of hydrogen-bond acceptors (Lipinski definition) is 5. The number of hydrogen-bond donors (Lipinski definition) is 0. The number of benzene rings is 3. The Morgan fingerprint density at radius 3 is 2.58 bits per heavy atom. The maximum absolute atomic E-state index is 13.5. The van der Waals surface area contributed by atoms with E-state index in [0.717, 1.165) is 21.2 Å². The lowest BCUT2D eigenvalue weighted by molar-refractivity contribution is 0.282. The average Bonchev–Trinajstić information content (AvgIpc) is 2.88. The normalized spacial score (nSPS) is 11.7. The van der Waals surface area contributed by atoms with Gasteiger partial charge in [-0.1, -0.05) is 72.6 Å². The van der Waals surface area contributed by atoms with Gasteiger partial charge in [0.15, 0.2) is 11.5 Å². The third kappa shape index (κ3) is 6.00. The first-order valence-electron chi connectivity index (χ1n) is 12.1. The Labute approximate surface area is 235 Å². The zero-order valence-electron chi connectivity index (χ0n) is 21.8. The molecule has 0 aliphatic heterocycles. The highest BCUT2D eigenvalue weighted by Gasteiger charge is 2.23. The maximum atomic E-state index is 13.5. The number of halogens is 2. The number of allylic oxidation sites excluding steroid dienone is 1. The molecule has 0 N–H and O–H groups in total. The van der Waals surface area contributed by atoms with Crippen molar-refractivity contribution in [3.8, 4) is 11.5 Å². The van der Waals surface area contributed by atoms with Crippen molar-refractivity contribution in [2.45, 2.75) is 39.2 Å². The summed E-state index contributed by atoms with van der Waals surface area (Å²) in [5, 5.41) is 5.72. The van der Waals surface area contributed by atoms with Crippen molar-refractivity contribution >= 4 is 44.6 Å². The molecule has 3 aromatic carbocycles. The topological polar surface area (TPSA) is 65.7 Å². The van der Waals surface area contributed by atoms with Crippen molar-refractivity contribution in [3.63, 3.8) is 0 Å². The Hall–Kier alpha value is -3.42.